The Morgan fingerprint density at radius 3 is 2.37 bits per heavy atom. The van der Waals surface area contributed by atoms with E-state index < -0.39 is 0 Å². The van der Waals surface area contributed by atoms with E-state index >= 15 is 0 Å². The monoisotopic (exact) mass is 389 g/mol. The summed E-state index contributed by atoms with van der Waals surface area (Å²) in [5.41, 5.74) is 1.04. The predicted octanol–water partition coefficient (Wildman–Crippen LogP) is 3.31. The molecule has 27 heavy (non-hydrogen) atoms. The molecule has 0 radical (unpaired) electrons. The van der Waals surface area contributed by atoms with Crippen LogP contribution >= 0.6 is 11.8 Å². The lowest BCUT2D eigenvalue weighted by atomic mass is 9.67. The van der Waals surface area contributed by atoms with Crippen LogP contribution in [0.3, 0.4) is 0 Å². The number of Topliss-reactive ketones (excluding diaryl/α,β-unsaturated/α-hetero) is 1. The second kappa shape index (κ2) is 8.91. The topological polar surface area (TPSA) is 63.7 Å². The van der Waals surface area contributed by atoms with Crippen LogP contribution in [0.15, 0.2) is 29.2 Å². The van der Waals surface area contributed by atoms with E-state index in [9.17, 15) is 14.4 Å². The van der Waals surface area contributed by atoms with Gasteiger partial charge in [0.2, 0.25) is 0 Å². The quantitative estimate of drug-likeness (QED) is 0.552. The lowest BCUT2D eigenvalue weighted by Crippen LogP contribution is -2.40. The number of amides is 1. The van der Waals surface area contributed by atoms with Crippen molar-refractivity contribution in [1.82, 2.24) is 4.90 Å². The molecular formula is C21H27NO4S. The van der Waals surface area contributed by atoms with Gasteiger partial charge in [-0.1, -0.05) is 18.6 Å². The fourth-order valence-corrected chi connectivity index (χ4v) is 4.53. The minimum absolute atomic E-state index is 0.0117. The molecule has 2 aliphatic carbocycles. The van der Waals surface area contributed by atoms with Crippen molar-refractivity contribution in [3.8, 4) is 0 Å². The Morgan fingerprint density at radius 2 is 1.78 bits per heavy atom. The molecule has 2 bridgehead atoms. The molecule has 1 amide bonds. The van der Waals surface area contributed by atoms with E-state index in [0.717, 1.165) is 24.8 Å². The Hall–Kier alpha value is -1.82. The average molecular weight is 390 g/mol. The van der Waals surface area contributed by atoms with Gasteiger partial charge in [0.25, 0.3) is 5.91 Å². The highest BCUT2D eigenvalue weighted by molar-refractivity contribution is 7.98. The molecule has 0 aliphatic heterocycles. The summed E-state index contributed by atoms with van der Waals surface area (Å²) in [6.45, 7) is 0.241. The summed E-state index contributed by atoms with van der Waals surface area (Å²) < 4.78 is 5.29. The second-order valence-electron chi connectivity index (χ2n) is 7.60. The molecular weight excluding hydrogens is 362 g/mol. The summed E-state index contributed by atoms with van der Waals surface area (Å²) in [4.78, 5) is 39.6. The maximum atomic E-state index is 12.4. The molecule has 2 saturated carbocycles. The highest BCUT2D eigenvalue weighted by Crippen LogP contribution is 2.40. The van der Waals surface area contributed by atoms with Crippen LogP contribution < -0.4 is 0 Å². The molecule has 146 valence electrons. The zero-order chi connectivity index (χ0) is 19.4. The number of carbonyl (C=O) groups is 3. The number of hydrogen-bond donors (Lipinski definition) is 0. The van der Waals surface area contributed by atoms with Gasteiger partial charge in [-0.15, -0.1) is 11.8 Å². The van der Waals surface area contributed by atoms with Gasteiger partial charge < -0.3 is 9.64 Å². The van der Waals surface area contributed by atoms with Crippen LogP contribution in [0, 0.1) is 17.8 Å². The first-order valence-electron chi connectivity index (χ1n) is 9.55. The SMILES string of the molecule is CSc1ccc(CN(C)C(=O)COC(=O)C2C[C@H]3CCC[C@@H](C2)C3=O)cc1. The van der Waals surface area contributed by atoms with E-state index in [1.54, 1.807) is 23.7 Å². The Kier molecular flexibility index (Phi) is 6.58. The standard InChI is InChI=1S/C21H27NO4S/c1-22(12-14-6-8-18(27-2)9-7-14)19(23)13-26-21(25)17-10-15-4-3-5-16(11-17)20(15)24/h6-9,15-17H,3-5,10-13H2,1-2H3/t15-,16+,17?. The molecule has 0 aromatic heterocycles. The second-order valence-corrected chi connectivity index (χ2v) is 8.48. The Bertz CT molecular complexity index is 687. The van der Waals surface area contributed by atoms with E-state index in [4.69, 9.17) is 4.74 Å². The lowest BCUT2D eigenvalue weighted by molar-refractivity contribution is -0.158. The van der Waals surface area contributed by atoms with Crippen molar-refractivity contribution in [2.45, 2.75) is 43.5 Å². The number of nitrogens with zero attached hydrogens (tertiary/aromatic N) is 1. The molecule has 1 aromatic carbocycles. The molecule has 2 fully saturated rings. The van der Waals surface area contributed by atoms with Gasteiger partial charge in [0, 0.05) is 30.3 Å². The molecule has 0 saturated heterocycles. The first kappa shape index (κ1) is 19.9. The summed E-state index contributed by atoms with van der Waals surface area (Å²) >= 11 is 1.67. The van der Waals surface area contributed by atoms with E-state index in [2.05, 4.69) is 0 Å². The first-order chi connectivity index (χ1) is 13.0. The molecule has 0 heterocycles. The van der Waals surface area contributed by atoms with Gasteiger partial charge in [-0.2, -0.15) is 0 Å². The summed E-state index contributed by atoms with van der Waals surface area (Å²) in [6, 6.07) is 8.05. The number of carbonyl (C=O) groups excluding carboxylic acids is 3. The van der Waals surface area contributed by atoms with Crippen LogP contribution in [0.1, 0.15) is 37.7 Å². The van der Waals surface area contributed by atoms with Gasteiger partial charge in [0.1, 0.15) is 5.78 Å². The van der Waals surface area contributed by atoms with Crippen molar-refractivity contribution in [2.75, 3.05) is 19.9 Å². The highest BCUT2D eigenvalue weighted by atomic mass is 32.2. The smallest absolute Gasteiger partial charge is 0.309 e. The highest BCUT2D eigenvalue weighted by Gasteiger charge is 2.41. The molecule has 1 aromatic rings. The van der Waals surface area contributed by atoms with Gasteiger partial charge in [0.05, 0.1) is 5.92 Å². The van der Waals surface area contributed by atoms with Crippen LogP contribution in [0.25, 0.3) is 0 Å². The van der Waals surface area contributed by atoms with Gasteiger partial charge in [-0.3, -0.25) is 14.4 Å². The van der Waals surface area contributed by atoms with Crippen LogP contribution in [-0.4, -0.2) is 42.5 Å². The predicted molar refractivity (Wildman–Crippen MR) is 104 cm³/mol. The van der Waals surface area contributed by atoms with Crippen LogP contribution in [0.4, 0.5) is 0 Å². The largest absolute Gasteiger partial charge is 0.455 e. The van der Waals surface area contributed by atoms with Crippen molar-refractivity contribution in [1.29, 1.82) is 0 Å². The normalized spacial score (nSPS) is 24.4. The summed E-state index contributed by atoms with van der Waals surface area (Å²) in [7, 11) is 1.71. The van der Waals surface area contributed by atoms with Crippen LogP contribution in [0.5, 0.6) is 0 Å². The number of ketones is 1. The minimum Gasteiger partial charge on any atom is -0.455 e. The Labute approximate surface area is 164 Å². The first-order valence-corrected chi connectivity index (χ1v) is 10.8. The molecule has 0 N–H and O–H groups in total. The zero-order valence-corrected chi connectivity index (χ0v) is 16.8. The molecule has 0 spiro atoms. The lowest BCUT2D eigenvalue weighted by Gasteiger charge is -2.36. The Morgan fingerprint density at radius 1 is 1.15 bits per heavy atom. The molecule has 3 rings (SSSR count). The van der Waals surface area contributed by atoms with Gasteiger partial charge >= 0.3 is 5.97 Å². The van der Waals surface area contributed by atoms with Crippen LogP contribution in [0.2, 0.25) is 0 Å². The molecule has 2 aliphatic rings. The number of hydrogen-bond acceptors (Lipinski definition) is 5. The van der Waals surface area contributed by atoms with Gasteiger partial charge in [-0.25, -0.2) is 0 Å². The van der Waals surface area contributed by atoms with E-state index in [1.807, 2.05) is 30.5 Å². The van der Waals surface area contributed by atoms with Crippen molar-refractivity contribution in [3.63, 3.8) is 0 Å². The van der Waals surface area contributed by atoms with Crippen molar-refractivity contribution >= 4 is 29.4 Å². The number of benzene rings is 1. The van der Waals surface area contributed by atoms with Crippen molar-refractivity contribution in [2.24, 2.45) is 17.8 Å². The molecule has 1 unspecified atom stereocenters. The summed E-state index contributed by atoms with van der Waals surface area (Å²) in [5, 5.41) is 0. The fourth-order valence-electron chi connectivity index (χ4n) is 4.13. The van der Waals surface area contributed by atoms with Crippen molar-refractivity contribution in [3.05, 3.63) is 29.8 Å². The number of rotatable bonds is 6. The van der Waals surface area contributed by atoms with Crippen molar-refractivity contribution < 1.29 is 19.1 Å². The average Bonchev–Trinajstić information content (AvgIpc) is 2.66. The molecule has 3 atom stereocenters. The number of esters is 1. The van der Waals surface area contributed by atoms with E-state index in [1.165, 1.54) is 4.90 Å². The molecule has 6 heteroatoms. The number of thioether (sulfide) groups is 1. The number of likely N-dealkylation sites (N-methyl/N-ethyl adjacent to an activating group) is 1. The van der Waals surface area contributed by atoms with Gasteiger partial charge in [-0.05, 0) is 49.6 Å². The Balaban J connectivity index is 1.46. The zero-order valence-electron chi connectivity index (χ0n) is 16.0. The molecule has 5 nitrogen and oxygen atoms in total. The third kappa shape index (κ3) is 4.92. The number of fused-ring (bicyclic) bond motifs is 2. The summed E-state index contributed by atoms with van der Waals surface area (Å²) in [6.07, 6.45) is 6.03. The maximum Gasteiger partial charge on any atom is 0.309 e. The third-order valence-corrected chi connectivity index (χ3v) is 6.47. The van der Waals surface area contributed by atoms with Crippen LogP contribution in [-0.2, 0) is 25.7 Å². The minimum atomic E-state index is -0.328. The maximum absolute atomic E-state index is 12.4. The van der Waals surface area contributed by atoms with E-state index in [0.29, 0.717) is 25.2 Å². The fraction of sp³-hybridized carbons (Fsp3) is 0.571. The van der Waals surface area contributed by atoms with Gasteiger partial charge in [0.15, 0.2) is 6.61 Å². The number of ether oxygens (including phenoxy) is 1. The summed E-state index contributed by atoms with van der Waals surface area (Å²) in [5.74, 6) is -0.436. The van der Waals surface area contributed by atoms with E-state index in [-0.39, 0.29) is 36.2 Å². The third-order valence-electron chi connectivity index (χ3n) is 5.72.